The lowest BCUT2D eigenvalue weighted by Crippen LogP contribution is -2.35. The molecule has 6 heteroatoms. The standard InChI is InChI=1S/C12H22N2O3.ClH/c1-9(10-3-5-13-6-4-10)7-11(15)14-8-12(16)17-2;/h9-10,13H,3-8H2,1-2H3,(H,14,15);1H. The highest BCUT2D eigenvalue weighted by atomic mass is 35.5. The number of carbonyl (C=O) groups excluding carboxylic acids is 2. The van der Waals surface area contributed by atoms with Crippen molar-refractivity contribution < 1.29 is 14.3 Å². The topological polar surface area (TPSA) is 67.4 Å². The third kappa shape index (κ3) is 6.21. The average Bonchev–Trinajstić information content (AvgIpc) is 2.36. The molecule has 2 N–H and O–H groups in total. The second-order valence-electron chi connectivity index (χ2n) is 4.62. The van der Waals surface area contributed by atoms with Crippen molar-refractivity contribution in [3.63, 3.8) is 0 Å². The van der Waals surface area contributed by atoms with Gasteiger partial charge in [-0.3, -0.25) is 9.59 Å². The predicted octanol–water partition coefficient (Wildman–Crippen LogP) is 0.723. The highest BCUT2D eigenvalue weighted by molar-refractivity contribution is 5.85. The Bertz CT molecular complexity index is 268. The van der Waals surface area contributed by atoms with Crippen molar-refractivity contribution in [3.05, 3.63) is 0 Å². The van der Waals surface area contributed by atoms with Gasteiger partial charge in [0.1, 0.15) is 6.54 Å². The Morgan fingerprint density at radius 2 is 2.00 bits per heavy atom. The molecule has 0 aromatic carbocycles. The molecule has 1 fully saturated rings. The molecule has 1 heterocycles. The minimum atomic E-state index is -0.409. The van der Waals surface area contributed by atoms with E-state index < -0.39 is 5.97 Å². The minimum absolute atomic E-state index is 0. The fourth-order valence-electron chi connectivity index (χ4n) is 2.19. The van der Waals surface area contributed by atoms with Crippen LogP contribution < -0.4 is 10.6 Å². The number of carbonyl (C=O) groups is 2. The largest absolute Gasteiger partial charge is 0.468 e. The molecular formula is C12H23ClN2O3. The number of ether oxygens (including phenoxy) is 1. The molecule has 0 bridgehead atoms. The molecule has 0 aliphatic carbocycles. The number of esters is 1. The van der Waals surface area contributed by atoms with Gasteiger partial charge >= 0.3 is 5.97 Å². The van der Waals surface area contributed by atoms with Crippen molar-refractivity contribution >= 4 is 24.3 Å². The molecule has 0 spiro atoms. The molecule has 1 atom stereocenters. The van der Waals surface area contributed by atoms with Gasteiger partial charge in [-0.1, -0.05) is 6.92 Å². The van der Waals surface area contributed by atoms with E-state index >= 15 is 0 Å². The van der Waals surface area contributed by atoms with E-state index in [-0.39, 0.29) is 24.9 Å². The smallest absolute Gasteiger partial charge is 0.325 e. The highest BCUT2D eigenvalue weighted by Crippen LogP contribution is 2.23. The third-order valence-electron chi connectivity index (χ3n) is 3.35. The predicted molar refractivity (Wildman–Crippen MR) is 71.6 cm³/mol. The van der Waals surface area contributed by atoms with Crippen molar-refractivity contribution in [2.24, 2.45) is 11.8 Å². The van der Waals surface area contributed by atoms with Crippen LogP contribution in [0.25, 0.3) is 0 Å². The normalized spacial score (nSPS) is 17.4. The van der Waals surface area contributed by atoms with Crippen LogP contribution in [-0.4, -0.2) is 38.6 Å². The lowest BCUT2D eigenvalue weighted by atomic mass is 9.84. The minimum Gasteiger partial charge on any atom is -0.468 e. The molecule has 1 saturated heterocycles. The molecule has 5 nitrogen and oxygen atoms in total. The lowest BCUT2D eigenvalue weighted by Gasteiger charge is -2.27. The summed E-state index contributed by atoms with van der Waals surface area (Å²) in [4.78, 5) is 22.4. The zero-order valence-electron chi connectivity index (χ0n) is 11.0. The summed E-state index contributed by atoms with van der Waals surface area (Å²) < 4.78 is 4.46. The van der Waals surface area contributed by atoms with Gasteiger partial charge in [0.15, 0.2) is 0 Å². The molecule has 106 valence electrons. The molecule has 1 aliphatic rings. The van der Waals surface area contributed by atoms with E-state index in [1.165, 1.54) is 7.11 Å². The second-order valence-corrected chi connectivity index (χ2v) is 4.62. The molecule has 0 radical (unpaired) electrons. The molecule has 0 aromatic rings. The first-order valence-electron chi connectivity index (χ1n) is 6.17. The van der Waals surface area contributed by atoms with E-state index in [4.69, 9.17) is 0 Å². The lowest BCUT2D eigenvalue weighted by molar-refractivity contribution is -0.141. The van der Waals surface area contributed by atoms with Crippen molar-refractivity contribution in [2.45, 2.75) is 26.2 Å². The second kappa shape index (κ2) is 9.16. The van der Waals surface area contributed by atoms with Crippen LogP contribution in [-0.2, 0) is 14.3 Å². The van der Waals surface area contributed by atoms with Gasteiger partial charge in [0.25, 0.3) is 0 Å². The molecule has 1 amide bonds. The number of hydrogen-bond acceptors (Lipinski definition) is 4. The molecule has 18 heavy (non-hydrogen) atoms. The Morgan fingerprint density at radius 1 is 1.39 bits per heavy atom. The number of methoxy groups -OCH3 is 1. The van der Waals surface area contributed by atoms with Crippen molar-refractivity contribution in [3.8, 4) is 0 Å². The fourth-order valence-corrected chi connectivity index (χ4v) is 2.19. The van der Waals surface area contributed by atoms with Crippen molar-refractivity contribution in [1.82, 2.24) is 10.6 Å². The zero-order chi connectivity index (χ0) is 12.7. The number of amides is 1. The summed E-state index contributed by atoms with van der Waals surface area (Å²) >= 11 is 0. The Hall–Kier alpha value is -0.810. The van der Waals surface area contributed by atoms with E-state index in [0.29, 0.717) is 18.3 Å². The van der Waals surface area contributed by atoms with Crippen LogP contribution in [0.1, 0.15) is 26.2 Å². The van der Waals surface area contributed by atoms with E-state index in [1.54, 1.807) is 0 Å². The van der Waals surface area contributed by atoms with Crippen LogP contribution in [0.3, 0.4) is 0 Å². The van der Waals surface area contributed by atoms with Crippen LogP contribution >= 0.6 is 12.4 Å². The maximum atomic E-state index is 11.6. The van der Waals surface area contributed by atoms with Gasteiger partial charge in [0.05, 0.1) is 7.11 Å². The quantitative estimate of drug-likeness (QED) is 0.728. The maximum Gasteiger partial charge on any atom is 0.325 e. The van der Waals surface area contributed by atoms with Crippen LogP contribution in [0, 0.1) is 11.8 Å². The Morgan fingerprint density at radius 3 is 2.56 bits per heavy atom. The summed E-state index contributed by atoms with van der Waals surface area (Å²) in [5.74, 6) is 0.504. The molecule has 1 unspecified atom stereocenters. The number of hydrogen-bond donors (Lipinski definition) is 2. The number of halogens is 1. The van der Waals surface area contributed by atoms with Gasteiger partial charge in [0, 0.05) is 6.42 Å². The maximum absolute atomic E-state index is 11.6. The highest BCUT2D eigenvalue weighted by Gasteiger charge is 2.22. The van der Waals surface area contributed by atoms with Crippen LogP contribution in [0.5, 0.6) is 0 Å². The zero-order valence-corrected chi connectivity index (χ0v) is 11.8. The summed E-state index contributed by atoms with van der Waals surface area (Å²) in [6.45, 7) is 4.15. The number of nitrogens with one attached hydrogen (secondary N) is 2. The number of rotatable bonds is 5. The first-order chi connectivity index (χ1) is 8.13. The molecule has 1 rings (SSSR count). The SMILES string of the molecule is COC(=O)CNC(=O)CC(C)C1CCNCC1.Cl. The average molecular weight is 279 g/mol. The molecule has 1 aliphatic heterocycles. The molecule has 0 aromatic heterocycles. The Kier molecular flexibility index (Phi) is 8.75. The number of piperidine rings is 1. The third-order valence-corrected chi connectivity index (χ3v) is 3.35. The van der Waals surface area contributed by atoms with E-state index in [0.717, 1.165) is 25.9 Å². The first-order valence-corrected chi connectivity index (χ1v) is 6.17. The summed E-state index contributed by atoms with van der Waals surface area (Å²) in [6.07, 6.45) is 2.75. The van der Waals surface area contributed by atoms with Gasteiger partial charge in [0.2, 0.25) is 5.91 Å². The summed E-state index contributed by atoms with van der Waals surface area (Å²) in [5.41, 5.74) is 0. The fraction of sp³-hybridized carbons (Fsp3) is 0.833. The van der Waals surface area contributed by atoms with Crippen LogP contribution in [0.4, 0.5) is 0 Å². The summed E-state index contributed by atoms with van der Waals surface area (Å²) in [5, 5.41) is 5.88. The van der Waals surface area contributed by atoms with Crippen molar-refractivity contribution in [1.29, 1.82) is 0 Å². The van der Waals surface area contributed by atoms with E-state index in [9.17, 15) is 9.59 Å². The van der Waals surface area contributed by atoms with Crippen LogP contribution in [0.15, 0.2) is 0 Å². The van der Waals surface area contributed by atoms with Crippen LogP contribution in [0.2, 0.25) is 0 Å². The van der Waals surface area contributed by atoms with E-state index in [2.05, 4.69) is 22.3 Å². The molecule has 0 saturated carbocycles. The summed E-state index contributed by atoms with van der Waals surface area (Å²) in [7, 11) is 1.31. The van der Waals surface area contributed by atoms with Gasteiger partial charge in [-0.05, 0) is 37.8 Å². The first kappa shape index (κ1) is 17.2. The Balaban J connectivity index is 0.00000289. The van der Waals surface area contributed by atoms with Gasteiger partial charge < -0.3 is 15.4 Å². The summed E-state index contributed by atoms with van der Waals surface area (Å²) in [6, 6.07) is 0. The van der Waals surface area contributed by atoms with E-state index in [1.807, 2.05) is 0 Å². The van der Waals surface area contributed by atoms with Gasteiger partial charge in [-0.25, -0.2) is 0 Å². The Labute approximate surface area is 114 Å². The monoisotopic (exact) mass is 278 g/mol. The van der Waals surface area contributed by atoms with Gasteiger partial charge in [-0.2, -0.15) is 0 Å². The molecular weight excluding hydrogens is 256 g/mol. The van der Waals surface area contributed by atoms with Gasteiger partial charge in [-0.15, -0.1) is 12.4 Å². The van der Waals surface area contributed by atoms with Crippen molar-refractivity contribution in [2.75, 3.05) is 26.7 Å².